The van der Waals surface area contributed by atoms with Crippen molar-refractivity contribution in [3.8, 4) is 34.5 Å². The van der Waals surface area contributed by atoms with E-state index in [9.17, 15) is 45.0 Å². The fourth-order valence-corrected chi connectivity index (χ4v) is 4.45. The maximum Gasteiger partial charge on any atom is 0.275 e. The lowest BCUT2D eigenvalue weighted by Gasteiger charge is -2.02. The van der Waals surface area contributed by atoms with Crippen LogP contribution in [0.4, 0.5) is 0 Å². The van der Waals surface area contributed by atoms with Gasteiger partial charge in [-0.3, -0.25) is 14.4 Å². The van der Waals surface area contributed by atoms with Gasteiger partial charge in [0.15, 0.2) is 0 Å². The molecule has 0 heterocycles. The first kappa shape index (κ1) is 41.3. The number of carbonyl (C=O) groups is 3. The molecule has 6 rings (SSSR count). The third-order valence-electron chi connectivity index (χ3n) is 7.37. The van der Waals surface area contributed by atoms with Gasteiger partial charge >= 0.3 is 0 Å². The zero-order valence-corrected chi connectivity index (χ0v) is 29.8. The molecule has 0 aliphatic carbocycles. The molecule has 0 aromatic heterocycles. The van der Waals surface area contributed by atoms with Crippen LogP contribution in [-0.4, -0.2) is 67.0 Å². The molecular formula is C42H36N6O9. The number of nitrogens with one attached hydrogen (secondary N) is 3. The molecule has 0 spiro atoms. The van der Waals surface area contributed by atoms with Crippen molar-refractivity contribution < 1.29 is 45.0 Å². The Labute approximate surface area is 325 Å². The molecule has 15 nitrogen and oxygen atoms in total. The van der Waals surface area contributed by atoms with Crippen LogP contribution in [0.1, 0.15) is 47.8 Å². The molecule has 288 valence electrons. The maximum atomic E-state index is 11.7. The van der Waals surface area contributed by atoms with Crippen molar-refractivity contribution in [2.24, 2.45) is 15.3 Å². The van der Waals surface area contributed by atoms with Crippen LogP contribution in [0.3, 0.4) is 0 Å². The van der Waals surface area contributed by atoms with Crippen molar-refractivity contribution >= 4 is 36.4 Å². The second-order valence-corrected chi connectivity index (χ2v) is 11.3. The summed E-state index contributed by atoms with van der Waals surface area (Å²) in [6.45, 7) is 0. The molecule has 0 aliphatic heterocycles. The molecule has 0 aliphatic rings. The highest BCUT2D eigenvalue weighted by Crippen LogP contribution is 2.18. The van der Waals surface area contributed by atoms with Crippen LogP contribution < -0.4 is 16.3 Å². The Balaban J connectivity index is 0.000000189. The molecule has 15 heteroatoms. The Morgan fingerprint density at radius 3 is 0.772 bits per heavy atom. The summed E-state index contributed by atoms with van der Waals surface area (Å²) in [4.78, 5) is 35.1. The minimum Gasteiger partial charge on any atom is -0.507 e. The van der Waals surface area contributed by atoms with Gasteiger partial charge in [0.25, 0.3) is 17.7 Å². The summed E-state index contributed by atoms with van der Waals surface area (Å²) < 4.78 is 0. The van der Waals surface area contributed by atoms with Crippen molar-refractivity contribution in [1.29, 1.82) is 0 Å². The van der Waals surface area contributed by atoms with Gasteiger partial charge in [0.1, 0.15) is 34.5 Å². The van der Waals surface area contributed by atoms with E-state index in [1.807, 2.05) is 0 Å². The van der Waals surface area contributed by atoms with E-state index in [1.54, 1.807) is 91.0 Å². The smallest absolute Gasteiger partial charge is 0.275 e. The zero-order valence-electron chi connectivity index (χ0n) is 29.8. The van der Waals surface area contributed by atoms with E-state index in [0.717, 1.165) is 0 Å². The number of aromatic hydroxyl groups is 6. The second-order valence-electron chi connectivity index (χ2n) is 11.3. The largest absolute Gasteiger partial charge is 0.507 e. The first-order chi connectivity index (χ1) is 27.5. The van der Waals surface area contributed by atoms with Gasteiger partial charge in [-0.2, -0.15) is 15.3 Å². The van der Waals surface area contributed by atoms with Crippen LogP contribution in [0.15, 0.2) is 161 Å². The quantitative estimate of drug-likeness (QED) is 0.0657. The number of nitrogens with zero attached hydrogens (tertiary/aromatic N) is 3. The zero-order chi connectivity index (χ0) is 41.0. The lowest BCUT2D eigenvalue weighted by atomic mass is 10.2. The van der Waals surface area contributed by atoms with E-state index in [2.05, 4.69) is 31.6 Å². The molecule has 9 N–H and O–H groups in total. The van der Waals surface area contributed by atoms with Crippen LogP contribution >= 0.6 is 0 Å². The monoisotopic (exact) mass is 768 g/mol. The third kappa shape index (κ3) is 12.9. The average Bonchev–Trinajstić information content (AvgIpc) is 3.21. The molecule has 6 aromatic rings. The molecule has 57 heavy (non-hydrogen) atoms. The highest BCUT2D eigenvalue weighted by atomic mass is 16.3. The third-order valence-corrected chi connectivity index (χ3v) is 7.37. The van der Waals surface area contributed by atoms with Crippen LogP contribution in [0.5, 0.6) is 34.5 Å². The topological polar surface area (TPSA) is 246 Å². The van der Waals surface area contributed by atoms with Gasteiger partial charge in [-0.05, 0) is 72.8 Å². The maximum absolute atomic E-state index is 11.7. The summed E-state index contributed by atoms with van der Waals surface area (Å²) in [5, 5.41) is 68.1. The standard InChI is InChI=1S/3C14H12N2O3/c3*17-12-7-3-1-5-10(12)9-15-16-14(19)11-6-2-4-8-13(11)18/h3*1-9,17-18H,(H,16,19)/b3*15-9+. The summed E-state index contributed by atoms with van der Waals surface area (Å²) in [6.07, 6.45) is 3.98. The molecule has 0 saturated carbocycles. The van der Waals surface area contributed by atoms with Gasteiger partial charge in [0.05, 0.1) is 35.3 Å². The van der Waals surface area contributed by atoms with Crippen molar-refractivity contribution in [3.05, 3.63) is 179 Å². The van der Waals surface area contributed by atoms with Crippen LogP contribution in [0, 0.1) is 0 Å². The minimum atomic E-state index is -0.523. The first-order valence-corrected chi connectivity index (χ1v) is 16.7. The summed E-state index contributed by atoms with van der Waals surface area (Å²) in [7, 11) is 0. The Morgan fingerprint density at radius 2 is 0.544 bits per heavy atom. The van der Waals surface area contributed by atoms with Gasteiger partial charge in [-0.25, -0.2) is 16.3 Å². The highest BCUT2D eigenvalue weighted by Gasteiger charge is 2.10. The number of rotatable bonds is 9. The molecule has 3 amide bonds. The number of hydrogen-bond donors (Lipinski definition) is 9. The molecule has 0 atom stereocenters. The molecular weight excluding hydrogens is 732 g/mol. The molecule has 6 aromatic carbocycles. The van der Waals surface area contributed by atoms with Gasteiger partial charge in [0, 0.05) is 16.7 Å². The van der Waals surface area contributed by atoms with Crippen LogP contribution in [0.25, 0.3) is 0 Å². The molecule has 0 radical (unpaired) electrons. The minimum absolute atomic E-state index is 0.0723. The number of para-hydroxylation sites is 6. The lowest BCUT2D eigenvalue weighted by Crippen LogP contribution is -2.17. The van der Waals surface area contributed by atoms with Gasteiger partial charge in [-0.15, -0.1) is 0 Å². The van der Waals surface area contributed by atoms with E-state index < -0.39 is 17.7 Å². The fraction of sp³-hybridized carbons (Fsp3) is 0. The number of amides is 3. The summed E-state index contributed by atoms with van der Waals surface area (Å²) in [5.74, 6) is -1.69. The fourth-order valence-electron chi connectivity index (χ4n) is 4.45. The summed E-state index contributed by atoms with van der Waals surface area (Å²) in [5.41, 5.74) is 8.69. The first-order valence-electron chi connectivity index (χ1n) is 16.7. The van der Waals surface area contributed by atoms with Gasteiger partial charge < -0.3 is 30.6 Å². The van der Waals surface area contributed by atoms with Crippen molar-refractivity contribution in [1.82, 2.24) is 16.3 Å². The molecule has 0 bridgehead atoms. The predicted octanol–water partition coefficient (Wildman–Crippen LogP) is 5.59. The summed E-state index contributed by atoms with van der Waals surface area (Å²) >= 11 is 0. The number of hydrogen-bond acceptors (Lipinski definition) is 12. The van der Waals surface area contributed by atoms with E-state index in [1.165, 1.54) is 73.2 Å². The Kier molecular flexibility index (Phi) is 15.4. The van der Waals surface area contributed by atoms with Gasteiger partial charge in [0.2, 0.25) is 0 Å². The molecule has 0 unspecified atom stereocenters. The van der Waals surface area contributed by atoms with Crippen LogP contribution in [0.2, 0.25) is 0 Å². The normalized spacial score (nSPS) is 10.5. The molecule has 0 fully saturated rings. The van der Waals surface area contributed by atoms with Crippen LogP contribution in [-0.2, 0) is 0 Å². The second kappa shape index (κ2) is 21.3. The van der Waals surface area contributed by atoms with Crippen molar-refractivity contribution in [2.45, 2.75) is 0 Å². The molecule has 0 saturated heterocycles. The predicted molar refractivity (Wildman–Crippen MR) is 214 cm³/mol. The highest BCUT2D eigenvalue weighted by molar-refractivity contribution is 5.99. The number of phenols is 6. The Morgan fingerprint density at radius 1 is 0.333 bits per heavy atom. The summed E-state index contributed by atoms with van der Waals surface area (Å²) in [6, 6.07) is 38.3. The Hall–Kier alpha value is -8.46. The Bertz CT molecular complexity index is 2130. The van der Waals surface area contributed by atoms with E-state index >= 15 is 0 Å². The van der Waals surface area contributed by atoms with Crippen molar-refractivity contribution in [2.75, 3.05) is 0 Å². The van der Waals surface area contributed by atoms with E-state index in [0.29, 0.717) is 16.7 Å². The number of benzene rings is 6. The number of phenolic OH excluding ortho intramolecular Hbond substituents is 6. The van der Waals surface area contributed by atoms with Gasteiger partial charge in [-0.1, -0.05) is 72.8 Å². The van der Waals surface area contributed by atoms with E-state index in [4.69, 9.17) is 0 Å². The average molecular weight is 769 g/mol. The van der Waals surface area contributed by atoms with E-state index in [-0.39, 0.29) is 51.2 Å². The van der Waals surface area contributed by atoms with Crippen molar-refractivity contribution in [3.63, 3.8) is 0 Å². The lowest BCUT2D eigenvalue weighted by molar-refractivity contribution is 0.0944. The number of hydrazone groups is 3. The number of carbonyl (C=O) groups excluding carboxylic acids is 3. The SMILES string of the molecule is O=C(N/N=C/c1ccccc1O)c1ccccc1O.O=C(N/N=C/c1ccccc1O)c1ccccc1O.O=C(N/N=C/c1ccccc1O)c1ccccc1O.